The van der Waals surface area contributed by atoms with Gasteiger partial charge in [-0.15, -0.1) is 5.10 Å². The van der Waals surface area contributed by atoms with Crippen LogP contribution in [0.25, 0.3) is 0 Å². The van der Waals surface area contributed by atoms with Crippen LogP contribution in [0.4, 0.5) is 0 Å². The average molecular weight is 289 g/mol. The quantitative estimate of drug-likeness (QED) is 0.912. The number of hydrogen-bond acceptors (Lipinski definition) is 5. The Hall–Kier alpha value is -1.95. The Kier molecular flexibility index (Phi) is 4.68. The summed E-state index contributed by atoms with van der Waals surface area (Å²) in [6.45, 7) is 4.07. The number of hydrogen-bond donors (Lipinski definition) is 1. The SMILES string of the molecule is CCc1nnc(Sc2ccc(C(=O)O)cc2)nc1CC. The van der Waals surface area contributed by atoms with E-state index in [1.807, 2.05) is 13.8 Å². The number of aryl methyl sites for hydroxylation is 2. The zero-order valence-corrected chi connectivity index (χ0v) is 12.1. The van der Waals surface area contributed by atoms with Crippen molar-refractivity contribution >= 4 is 17.7 Å². The van der Waals surface area contributed by atoms with Crippen molar-refractivity contribution in [1.82, 2.24) is 15.2 Å². The summed E-state index contributed by atoms with van der Waals surface area (Å²) in [5, 5.41) is 17.7. The fourth-order valence-corrected chi connectivity index (χ4v) is 2.46. The molecule has 0 aliphatic heterocycles. The maximum atomic E-state index is 10.8. The van der Waals surface area contributed by atoms with E-state index in [2.05, 4.69) is 15.2 Å². The van der Waals surface area contributed by atoms with Gasteiger partial charge in [-0.2, -0.15) is 5.10 Å². The highest BCUT2D eigenvalue weighted by Crippen LogP contribution is 2.25. The molecule has 5 nitrogen and oxygen atoms in total. The van der Waals surface area contributed by atoms with Crippen molar-refractivity contribution in [3.63, 3.8) is 0 Å². The fraction of sp³-hybridized carbons (Fsp3) is 0.286. The third-order valence-corrected chi connectivity index (χ3v) is 3.66. The fourth-order valence-electron chi connectivity index (χ4n) is 1.74. The molecule has 0 unspecified atom stereocenters. The molecule has 0 spiro atoms. The van der Waals surface area contributed by atoms with Gasteiger partial charge in [-0.25, -0.2) is 9.78 Å². The Balaban J connectivity index is 2.19. The summed E-state index contributed by atoms with van der Waals surface area (Å²) in [4.78, 5) is 16.2. The first-order valence-electron chi connectivity index (χ1n) is 6.37. The Bertz CT molecular complexity index is 614. The smallest absolute Gasteiger partial charge is 0.335 e. The summed E-state index contributed by atoms with van der Waals surface area (Å²) >= 11 is 1.38. The Morgan fingerprint density at radius 3 is 2.30 bits per heavy atom. The second-order valence-corrected chi connectivity index (χ2v) is 5.17. The minimum Gasteiger partial charge on any atom is -0.478 e. The second-order valence-electron chi connectivity index (χ2n) is 4.13. The van der Waals surface area contributed by atoms with Crippen LogP contribution in [0.3, 0.4) is 0 Å². The summed E-state index contributed by atoms with van der Waals surface area (Å²) in [6.07, 6.45) is 1.64. The lowest BCUT2D eigenvalue weighted by atomic mass is 10.2. The van der Waals surface area contributed by atoms with Crippen LogP contribution in [0.5, 0.6) is 0 Å². The van der Waals surface area contributed by atoms with Gasteiger partial charge < -0.3 is 5.11 Å². The molecule has 1 aromatic carbocycles. The normalized spacial score (nSPS) is 10.5. The van der Waals surface area contributed by atoms with Gasteiger partial charge in [-0.1, -0.05) is 13.8 Å². The number of benzene rings is 1. The van der Waals surface area contributed by atoms with Crippen molar-refractivity contribution in [3.05, 3.63) is 41.2 Å². The van der Waals surface area contributed by atoms with Crippen LogP contribution >= 0.6 is 11.8 Å². The molecule has 0 saturated carbocycles. The molecule has 6 heteroatoms. The van der Waals surface area contributed by atoms with E-state index in [0.717, 1.165) is 29.1 Å². The number of carboxylic acids is 1. The number of aromatic carboxylic acids is 1. The van der Waals surface area contributed by atoms with E-state index >= 15 is 0 Å². The number of aromatic nitrogens is 3. The number of rotatable bonds is 5. The second kappa shape index (κ2) is 6.47. The molecule has 1 heterocycles. The molecule has 0 amide bonds. The topological polar surface area (TPSA) is 76.0 Å². The largest absolute Gasteiger partial charge is 0.478 e. The van der Waals surface area contributed by atoms with Gasteiger partial charge in [0.05, 0.1) is 17.0 Å². The zero-order chi connectivity index (χ0) is 14.5. The van der Waals surface area contributed by atoms with Crippen LogP contribution in [-0.2, 0) is 12.8 Å². The minimum atomic E-state index is -0.931. The molecular formula is C14H15N3O2S. The summed E-state index contributed by atoms with van der Waals surface area (Å²) in [5.74, 6) is -0.931. The van der Waals surface area contributed by atoms with Gasteiger partial charge in [0, 0.05) is 4.90 Å². The molecular weight excluding hydrogens is 274 g/mol. The molecule has 0 atom stereocenters. The summed E-state index contributed by atoms with van der Waals surface area (Å²) in [6, 6.07) is 6.63. The Morgan fingerprint density at radius 2 is 1.75 bits per heavy atom. The number of carbonyl (C=O) groups is 1. The highest BCUT2D eigenvalue weighted by molar-refractivity contribution is 7.99. The molecule has 0 aliphatic carbocycles. The van der Waals surface area contributed by atoms with Crippen LogP contribution in [0.15, 0.2) is 34.3 Å². The third kappa shape index (κ3) is 3.33. The molecule has 0 aliphatic rings. The van der Waals surface area contributed by atoms with Crippen molar-refractivity contribution < 1.29 is 9.90 Å². The first kappa shape index (κ1) is 14.5. The van der Waals surface area contributed by atoms with Gasteiger partial charge in [-0.05, 0) is 48.9 Å². The Labute approximate surface area is 121 Å². The van der Waals surface area contributed by atoms with Crippen LogP contribution in [-0.4, -0.2) is 26.3 Å². The molecule has 0 saturated heterocycles. The zero-order valence-electron chi connectivity index (χ0n) is 11.3. The third-order valence-electron chi connectivity index (χ3n) is 2.80. The van der Waals surface area contributed by atoms with Gasteiger partial charge in [-0.3, -0.25) is 0 Å². The molecule has 20 heavy (non-hydrogen) atoms. The standard InChI is InChI=1S/C14H15N3O2S/c1-3-11-12(4-2)16-17-14(15-11)20-10-7-5-9(6-8-10)13(18)19/h5-8H,3-4H2,1-2H3,(H,18,19). The van der Waals surface area contributed by atoms with Gasteiger partial charge in [0.2, 0.25) is 5.16 Å². The van der Waals surface area contributed by atoms with E-state index in [1.54, 1.807) is 24.3 Å². The molecule has 104 valence electrons. The molecule has 2 rings (SSSR count). The summed E-state index contributed by atoms with van der Waals surface area (Å²) in [7, 11) is 0. The van der Waals surface area contributed by atoms with Crippen molar-refractivity contribution in [1.29, 1.82) is 0 Å². The van der Waals surface area contributed by atoms with Crippen LogP contribution in [0.1, 0.15) is 35.6 Å². The van der Waals surface area contributed by atoms with Crippen molar-refractivity contribution in [3.8, 4) is 0 Å². The number of nitrogens with zero attached hydrogens (tertiary/aromatic N) is 3. The first-order chi connectivity index (χ1) is 9.63. The van der Waals surface area contributed by atoms with Gasteiger partial charge in [0.1, 0.15) is 0 Å². The molecule has 2 aromatic rings. The maximum absolute atomic E-state index is 10.8. The summed E-state index contributed by atoms with van der Waals surface area (Å²) < 4.78 is 0. The van der Waals surface area contributed by atoms with Gasteiger partial charge in [0.15, 0.2) is 0 Å². The molecule has 1 aromatic heterocycles. The van der Waals surface area contributed by atoms with Crippen LogP contribution in [0, 0.1) is 0 Å². The van der Waals surface area contributed by atoms with Crippen LogP contribution in [0.2, 0.25) is 0 Å². The lowest BCUT2D eigenvalue weighted by molar-refractivity contribution is 0.0697. The molecule has 0 radical (unpaired) electrons. The average Bonchev–Trinajstić information content (AvgIpc) is 2.47. The Morgan fingerprint density at radius 1 is 1.10 bits per heavy atom. The van der Waals surface area contributed by atoms with Gasteiger partial charge >= 0.3 is 5.97 Å². The molecule has 1 N–H and O–H groups in total. The minimum absolute atomic E-state index is 0.268. The molecule has 0 fully saturated rings. The van der Waals surface area contributed by atoms with E-state index in [-0.39, 0.29) is 5.56 Å². The van der Waals surface area contributed by atoms with E-state index in [1.165, 1.54) is 11.8 Å². The van der Waals surface area contributed by atoms with Gasteiger partial charge in [0.25, 0.3) is 0 Å². The predicted molar refractivity (Wildman–Crippen MR) is 76.1 cm³/mol. The summed E-state index contributed by atoms with van der Waals surface area (Å²) in [5.41, 5.74) is 2.16. The monoisotopic (exact) mass is 289 g/mol. The number of carboxylic acid groups (broad SMARTS) is 1. The van der Waals surface area contributed by atoms with Crippen LogP contribution < -0.4 is 0 Å². The van der Waals surface area contributed by atoms with E-state index < -0.39 is 5.97 Å². The van der Waals surface area contributed by atoms with E-state index in [4.69, 9.17) is 5.11 Å². The maximum Gasteiger partial charge on any atom is 0.335 e. The molecule has 0 bridgehead atoms. The highest BCUT2D eigenvalue weighted by atomic mass is 32.2. The lowest BCUT2D eigenvalue weighted by Crippen LogP contribution is -2.03. The van der Waals surface area contributed by atoms with Crippen molar-refractivity contribution in [2.75, 3.05) is 0 Å². The van der Waals surface area contributed by atoms with E-state index in [0.29, 0.717) is 5.16 Å². The van der Waals surface area contributed by atoms with Crippen molar-refractivity contribution in [2.45, 2.75) is 36.7 Å². The predicted octanol–water partition coefficient (Wildman–Crippen LogP) is 2.85. The highest BCUT2D eigenvalue weighted by Gasteiger charge is 2.08. The first-order valence-corrected chi connectivity index (χ1v) is 7.19. The van der Waals surface area contributed by atoms with Crippen molar-refractivity contribution in [2.24, 2.45) is 0 Å². The van der Waals surface area contributed by atoms with E-state index in [9.17, 15) is 4.79 Å². The lowest BCUT2D eigenvalue weighted by Gasteiger charge is -2.05.